The second-order valence-electron chi connectivity index (χ2n) is 11.6. The van der Waals surface area contributed by atoms with Crippen LogP contribution in [0.1, 0.15) is 21.7 Å². The van der Waals surface area contributed by atoms with Gasteiger partial charge in [-0.2, -0.15) is 0 Å². The Labute approximate surface area is 275 Å². The first-order valence-electron chi connectivity index (χ1n) is 15.5. The molecule has 1 unspecified atom stereocenters. The highest BCUT2D eigenvalue weighted by Gasteiger charge is 2.26. The Morgan fingerprint density at radius 3 is 2.64 bits per heavy atom. The number of nitrogens with zero attached hydrogens (tertiary/aromatic N) is 4. The molecule has 4 heterocycles. The van der Waals surface area contributed by atoms with Crippen LogP contribution in [-0.2, 0) is 0 Å². The molecule has 2 aliphatic heterocycles. The quantitative estimate of drug-likeness (QED) is 0.118. The number of aromatic nitrogens is 2. The fraction of sp³-hybridized carbons (Fsp3) is 0.235. The molecule has 7 rings (SSSR count). The number of carbonyl (C=O) groups excluding carboxylic acids is 1. The summed E-state index contributed by atoms with van der Waals surface area (Å²) in [5.41, 5.74) is 15.9. The molecule has 0 saturated carbocycles. The lowest BCUT2D eigenvalue weighted by Gasteiger charge is -2.31. The lowest BCUT2D eigenvalue weighted by Crippen LogP contribution is -2.37. The number of hydrogen-bond acceptors (Lipinski definition) is 10. The predicted molar refractivity (Wildman–Crippen MR) is 187 cm³/mol. The molecule has 2 aromatic heterocycles. The second-order valence-corrected chi connectivity index (χ2v) is 12.6. The van der Waals surface area contributed by atoms with Crippen LogP contribution in [0.25, 0.3) is 16.0 Å². The third kappa shape index (κ3) is 6.22. The predicted octanol–water partition coefficient (Wildman–Crippen LogP) is 3.76. The number of rotatable bonds is 9. The maximum atomic E-state index is 13.4. The summed E-state index contributed by atoms with van der Waals surface area (Å²) in [5, 5.41) is 14.1. The standard InChI is InChI=1S/C34H35N9O3S/c35-30(36)21-6-8-22(9-7-21)38-13-15-41-14-12-23(20-41)39-32(44)29-19-27-33(47-29)40-31(37)34(45)43(27)25-10-11-28-26(18-25)42(16-17-46-28)24-4-2-1-3-5-24/h1-11,18-19,23,38H,12-17,20H2,(H3,35,36)(H2,37,40)(H,39,44). The zero-order valence-corrected chi connectivity index (χ0v) is 26.4. The minimum atomic E-state index is -0.444. The van der Waals surface area contributed by atoms with Gasteiger partial charge >= 0.3 is 0 Å². The van der Waals surface area contributed by atoms with E-state index in [4.69, 9.17) is 21.6 Å². The van der Waals surface area contributed by atoms with Crippen molar-refractivity contribution in [3.8, 4) is 11.4 Å². The summed E-state index contributed by atoms with van der Waals surface area (Å²) < 4.78 is 7.46. The first kappa shape index (κ1) is 30.3. The van der Waals surface area contributed by atoms with Crippen molar-refractivity contribution in [2.75, 3.05) is 55.3 Å². The minimum absolute atomic E-state index is 0.00685. The lowest BCUT2D eigenvalue weighted by molar-refractivity contribution is 0.0942. The van der Waals surface area contributed by atoms with Crippen molar-refractivity contribution in [3.63, 3.8) is 0 Å². The Hall–Kier alpha value is -5.40. The minimum Gasteiger partial charge on any atom is -0.490 e. The summed E-state index contributed by atoms with van der Waals surface area (Å²) in [6, 6.07) is 24.8. The summed E-state index contributed by atoms with van der Waals surface area (Å²) >= 11 is 1.22. The number of nitrogens with two attached hydrogens (primary N) is 2. The number of ether oxygens (including phenoxy) is 1. The SMILES string of the molecule is N=C(N)c1ccc(NCCN2CCC(NC(=O)c3cc4c(nc(N)c(=O)n4-c4ccc5c(c4)N(c4ccccc4)CCO5)s3)C2)cc1. The number of amides is 1. The van der Waals surface area contributed by atoms with Gasteiger partial charge in [0.05, 0.1) is 28.3 Å². The smallest absolute Gasteiger partial charge is 0.298 e. The van der Waals surface area contributed by atoms with Gasteiger partial charge in [-0.25, -0.2) is 4.98 Å². The van der Waals surface area contributed by atoms with E-state index in [2.05, 4.69) is 25.4 Å². The monoisotopic (exact) mass is 649 g/mol. The molecule has 1 atom stereocenters. The molecule has 1 fully saturated rings. The number of anilines is 4. The third-order valence-corrected chi connectivity index (χ3v) is 9.51. The van der Waals surface area contributed by atoms with Crippen LogP contribution in [0.5, 0.6) is 5.75 Å². The van der Waals surface area contributed by atoms with Crippen molar-refractivity contribution in [1.29, 1.82) is 5.41 Å². The van der Waals surface area contributed by atoms with Crippen LogP contribution < -0.4 is 37.3 Å². The van der Waals surface area contributed by atoms with Gasteiger partial charge in [0.25, 0.3) is 11.5 Å². The van der Waals surface area contributed by atoms with Gasteiger partial charge in [-0.3, -0.25) is 24.5 Å². The first-order chi connectivity index (χ1) is 22.8. The molecule has 1 amide bonds. The van der Waals surface area contributed by atoms with E-state index in [1.54, 1.807) is 6.07 Å². The fourth-order valence-electron chi connectivity index (χ4n) is 6.12. The molecular weight excluding hydrogens is 615 g/mol. The number of carbonyl (C=O) groups is 1. The lowest BCUT2D eigenvalue weighted by atomic mass is 10.1. The Balaban J connectivity index is 1.05. The van der Waals surface area contributed by atoms with Crippen LogP contribution in [-0.4, -0.2) is 71.6 Å². The topological polar surface area (TPSA) is 168 Å². The molecule has 2 aliphatic rings. The summed E-state index contributed by atoms with van der Waals surface area (Å²) in [4.78, 5) is 36.7. The molecule has 0 radical (unpaired) electrons. The number of nitrogen functional groups attached to an aromatic ring is 2. The van der Waals surface area contributed by atoms with Crippen LogP contribution in [0.3, 0.4) is 0 Å². The van der Waals surface area contributed by atoms with Crippen LogP contribution in [0.4, 0.5) is 22.9 Å². The molecule has 0 aliphatic carbocycles. The normalized spacial score (nSPS) is 16.1. The molecule has 12 nitrogen and oxygen atoms in total. The zero-order chi connectivity index (χ0) is 32.5. The number of hydrogen-bond donors (Lipinski definition) is 5. The Morgan fingerprint density at radius 1 is 1.04 bits per heavy atom. The summed E-state index contributed by atoms with van der Waals surface area (Å²) in [5.74, 6) is 0.447. The molecule has 1 saturated heterocycles. The highest BCUT2D eigenvalue weighted by Crippen LogP contribution is 2.38. The fourth-order valence-corrected chi connectivity index (χ4v) is 7.05. The molecule has 47 heavy (non-hydrogen) atoms. The molecule has 240 valence electrons. The number of benzene rings is 3. The van der Waals surface area contributed by atoms with E-state index in [0.29, 0.717) is 39.6 Å². The van der Waals surface area contributed by atoms with Crippen molar-refractivity contribution < 1.29 is 9.53 Å². The molecular formula is C34H35N9O3S. The zero-order valence-electron chi connectivity index (χ0n) is 25.6. The van der Waals surface area contributed by atoms with Crippen LogP contribution in [0.15, 0.2) is 83.7 Å². The van der Waals surface area contributed by atoms with E-state index < -0.39 is 5.56 Å². The highest BCUT2D eigenvalue weighted by molar-refractivity contribution is 7.20. The number of nitrogens with one attached hydrogen (secondary N) is 3. The van der Waals surface area contributed by atoms with E-state index in [0.717, 1.165) is 55.4 Å². The summed E-state index contributed by atoms with van der Waals surface area (Å²) in [6.07, 6.45) is 0.842. The maximum Gasteiger partial charge on any atom is 0.298 e. The van der Waals surface area contributed by atoms with E-state index in [1.165, 1.54) is 15.9 Å². The highest BCUT2D eigenvalue weighted by atomic mass is 32.1. The van der Waals surface area contributed by atoms with Crippen molar-refractivity contribution in [2.45, 2.75) is 12.5 Å². The van der Waals surface area contributed by atoms with E-state index in [-0.39, 0.29) is 23.6 Å². The van der Waals surface area contributed by atoms with Gasteiger partial charge in [0.1, 0.15) is 23.0 Å². The molecule has 13 heteroatoms. The number of para-hydroxylation sites is 1. The van der Waals surface area contributed by atoms with Gasteiger partial charge in [-0.15, -0.1) is 11.3 Å². The van der Waals surface area contributed by atoms with E-state index in [1.807, 2.05) is 72.8 Å². The molecule has 0 spiro atoms. The van der Waals surface area contributed by atoms with E-state index >= 15 is 0 Å². The van der Waals surface area contributed by atoms with Crippen LogP contribution in [0.2, 0.25) is 0 Å². The Morgan fingerprint density at radius 2 is 1.85 bits per heavy atom. The van der Waals surface area contributed by atoms with Gasteiger partial charge in [0, 0.05) is 49.2 Å². The number of likely N-dealkylation sites (tertiary alicyclic amines) is 1. The van der Waals surface area contributed by atoms with Crippen molar-refractivity contribution in [2.24, 2.45) is 5.73 Å². The molecule has 3 aromatic carbocycles. The number of thiophene rings is 1. The van der Waals surface area contributed by atoms with Crippen molar-refractivity contribution in [3.05, 3.63) is 99.7 Å². The largest absolute Gasteiger partial charge is 0.490 e. The van der Waals surface area contributed by atoms with E-state index in [9.17, 15) is 9.59 Å². The maximum absolute atomic E-state index is 13.4. The van der Waals surface area contributed by atoms with Gasteiger partial charge < -0.3 is 31.7 Å². The average molecular weight is 650 g/mol. The van der Waals surface area contributed by atoms with Crippen LogP contribution in [0, 0.1) is 5.41 Å². The number of amidine groups is 1. The van der Waals surface area contributed by atoms with Crippen LogP contribution >= 0.6 is 11.3 Å². The van der Waals surface area contributed by atoms with Gasteiger partial charge in [-0.1, -0.05) is 18.2 Å². The Bertz CT molecular complexity index is 2010. The summed E-state index contributed by atoms with van der Waals surface area (Å²) in [7, 11) is 0. The van der Waals surface area contributed by atoms with Gasteiger partial charge in [-0.05, 0) is 67.1 Å². The Kier molecular flexibility index (Phi) is 8.23. The first-order valence-corrected chi connectivity index (χ1v) is 16.3. The number of fused-ring (bicyclic) bond motifs is 2. The van der Waals surface area contributed by atoms with Crippen molar-refractivity contribution >= 4 is 56.3 Å². The average Bonchev–Trinajstić information content (AvgIpc) is 3.72. The van der Waals surface area contributed by atoms with Gasteiger partial charge in [0.2, 0.25) is 0 Å². The molecule has 5 aromatic rings. The molecule has 7 N–H and O–H groups in total. The summed E-state index contributed by atoms with van der Waals surface area (Å²) in [6.45, 7) is 4.40. The van der Waals surface area contributed by atoms with Crippen molar-refractivity contribution in [1.82, 2.24) is 19.8 Å². The third-order valence-electron chi connectivity index (χ3n) is 8.49. The van der Waals surface area contributed by atoms with Gasteiger partial charge in [0.15, 0.2) is 5.82 Å². The second kappa shape index (κ2) is 12.8. The molecule has 0 bridgehead atoms.